The Bertz CT molecular complexity index is 1330. The molecule has 0 saturated carbocycles. The molecule has 5 rings (SSSR count). The molecular weight excluding hydrogens is 528 g/mol. The van der Waals surface area contributed by atoms with E-state index in [1.165, 1.54) is 12.1 Å². The number of hydrogen-bond donors (Lipinski definition) is 2. The summed E-state index contributed by atoms with van der Waals surface area (Å²) in [6.07, 6.45) is 1.12. The summed E-state index contributed by atoms with van der Waals surface area (Å²) in [7, 11) is 0. The second kappa shape index (κ2) is 11.3. The van der Waals surface area contributed by atoms with E-state index < -0.39 is 17.6 Å². The number of halogens is 3. The van der Waals surface area contributed by atoms with Crippen molar-refractivity contribution in [2.45, 2.75) is 37.3 Å². The summed E-state index contributed by atoms with van der Waals surface area (Å²) in [6.45, 7) is 2.37. The van der Waals surface area contributed by atoms with Gasteiger partial charge in [0.05, 0.1) is 21.7 Å². The number of rotatable bonds is 7. The van der Waals surface area contributed by atoms with Crippen molar-refractivity contribution >= 4 is 40.9 Å². The highest BCUT2D eigenvalue weighted by Gasteiger charge is 2.44. The van der Waals surface area contributed by atoms with Gasteiger partial charge in [-0.2, -0.15) is 0 Å². The van der Waals surface area contributed by atoms with Crippen LogP contribution < -0.4 is 10.6 Å². The summed E-state index contributed by atoms with van der Waals surface area (Å²) in [5.41, 5.74) is 2.22. The van der Waals surface area contributed by atoms with Gasteiger partial charge in [0.25, 0.3) is 0 Å². The van der Waals surface area contributed by atoms with Gasteiger partial charge in [-0.1, -0.05) is 59.6 Å². The van der Waals surface area contributed by atoms with E-state index in [2.05, 4.69) is 15.5 Å². The number of carbonyl (C=O) groups excluding carboxylic acids is 2. The third kappa shape index (κ3) is 5.80. The molecule has 1 fully saturated rings. The number of likely N-dealkylation sites (tertiary alicyclic amines) is 1. The summed E-state index contributed by atoms with van der Waals surface area (Å²) in [5.74, 6) is -0.871. The molecule has 2 amide bonds. The summed E-state index contributed by atoms with van der Waals surface area (Å²) >= 11 is 12.4. The molecule has 6 nitrogen and oxygen atoms in total. The zero-order valence-corrected chi connectivity index (χ0v) is 22.2. The van der Waals surface area contributed by atoms with Crippen LogP contribution in [0.15, 0.2) is 66.7 Å². The van der Waals surface area contributed by atoms with E-state index in [4.69, 9.17) is 27.9 Å². The van der Waals surface area contributed by atoms with Gasteiger partial charge in [-0.15, -0.1) is 0 Å². The number of piperidine rings is 1. The Balaban J connectivity index is 1.27. The first-order chi connectivity index (χ1) is 18.3. The van der Waals surface area contributed by atoms with Crippen molar-refractivity contribution in [1.29, 1.82) is 0 Å². The van der Waals surface area contributed by atoms with E-state index in [-0.39, 0.29) is 11.7 Å². The molecular formula is C29H28Cl2FN3O3. The Morgan fingerprint density at radius 3 is 2.55 bits per heavy atom. The second-order valence-corrected chi connectivity index (χ2v) is 10.6. The normalized spacial score (nSPS) is 17.3. The minimum absolute atomic E-state index is 0.0857. The quantitative estimate of drug-likeness (QED) is 0.350. The third-order valence-corrected chi connectivity index (χ3v) is 8.11. The van der Waals surface area contributed by atoms with E-state index in [0.717, 1.165) is 11.1 Å². The maximum Gasteiger partial charge on any atom is 0.412 e. The largest absolute Gasteiger partial charge is 0.438 e. The molecule has 38 heavy (non-hydrogen) atoms. The summed E-state index contributed by atoms with van der Waals surface area (Å²) in [4.78, 5) is 27.8. The summed E-state index contributed by atoms with van der Waals surface area (Å²) < 4.78 is 19.8. The Hall–Kier alpha value is -3.13. The molecule has 1 atom stereocenters. The minimum atomic E-state index is -0.855. The van der Waals surface area contributed by atoms with Crippen LogP contribution in [0.25, 0.3) is 0 Å². The average molecular weight is 556 g/mol. The van der Waals surface area contributed by atoms with Crippen molar-refractivity contribution in [3.8, 4) is 0 Å². The average Bonchev–Trinajstić information content (AvgIpc) is 2.91. The maximum absolute atomic E-state index is 14.0. The zero-order valence-electron chi connectivity index (χ0n) is 20.7. The molecule has 1 spiro atoms. The predicted molar refractivity (Wildman–Crippen MR) is 146 cm³/mol. The fourth-order valence-electron chi connectivity index (χ4n) is 5.28. The molecule has 3 aromatic carbocycles. The van der Waals surface area contributed by atoms with Crippen LogP contribution >= 0.6 is 23.2 Å². The zero-order chi connectivity index (χ0) is 26.7. The first-order valence-electron chi connectivity index (χ1n) is 12.6. The van der Waals surface area contributed by atoms with Gasteiger partial charge in [-0.3, -0.25) is 10.1 Å². The van der Waals surface area contributed by atoms with Crippen molar-refractivity contribution in [2.24, 2.45) is 0 Å². The van der Waals surface area contributed by atoms with Gasteiger partial charge in [0, 0.05) is 38.0 Å². The predicted octanol–water partition coefficient (Wildman–Crippen LogP) is 6.48. The number of nitrogens with zero attached hydrogens (tertiary/aromatic N) is 1. The highest BCUT2D eigenvalue weighted by molar-refractivity contribution is 6.42. The third-order valence-electron chi connectivity index (χ3n) is 7.37. The van der Waals surface area contributed by atoms with Crippen LogP contribution in [-0.2, 0) is 21.7 Å². The van der Waals surface area contributed by atoms with Gasteiger partial charge in [0.1, 0.15) is 11.4 Å². The first-order valence-corrected chi connectivity index (χ1v) is 13.4. The maximum atomic E-state index is 14.0. The van der Waals surface area contributed by atoms with Crippen LogP contribution in [0.5, 0.6) is 0 Å². The molecule has 9 heteroatoms. The Morgan fingerprint density at radius 2 is 1.82 bits per heavy atom. The van der Waals surface area contributed by atoms with E-state index in [1.807, 2.05) is 36.4 Å². The Kier molecular flexibility index (Phi) is 7.88. The fourth-order valence-corrected chi connectivity index (χ4v) is 5.58. The minimum Gasteiger partial charge on any atom is -0.438 e. The highest BCUT2D eigenvalue weighted by atomic mass is 35.5. The fraction of sp³-hybridized carbons (Fsp3) is 0.310. The number of hydrogen-bond acceptors (Lipinski definition) is 4. The number of ether oxygens (including phenoxy) is 1. The van der Waals surface area contributed by atoms with Gasteiger partial charge in [-0.05, 0) is 54.4 Å². The van der Waals surface area contributed by atoms with Crippen molar-refractivity contribution in [3.05, 3.63) is 99.3 Å². The first kappa shape index (κ1) is 26.5. The van der Waals surface area contributed by atoms with E-state index in [1.54, 1.807) is 18.2 Å². The lowest BCUT2D eigenvalue weighted by molar-refractivity contribution is -0.123. The lowest BCUT2D eigenvalue weighted by Gasteiger charge is -2.44. The molecule has 3 aromatic rings. The van der Waals surface area contributed by atoms with E-state index >= 15 is 0 Å². The molecule has 0 aliphatic carbocycles. The monoisotopic (exact) mass is 555 g/mol. The van der Waals surface area contributed by atoms with E-state index in [0.29, 0.717) is 66.7 Å². The van der Waals surface area contributed by atoms with Gasteiger partial charge in [0.2, 0.25) is 5.91 Å². The molecule has 0 aromatic heterocycles. The van der Waals surface area contributed by atoms with Crippen molar-refractivity contribution in [1.82, 2.24) is 10.2 Å². The van der Waals surface area contributed by atoms with Gasteiger partial charge in [0.15, 0.2) is 0 Å². The van der Waals surface area contributed by atoms with Crippen LogP contribution in [0.4, 0.5) is 14.9 Å². The number of carbonyl (C=O) groups is 2. The molecule has 2 heterocycles. The van der Waals surface area contributed by atoms with E-state index in [9.17, 15) is 14.0 Å². The van der Waals surface area contributed by atoms with Crippen molar-refractivity contribution in [3.63, 3.8) is 0 Å². The molecule has 198 valence electrons. The Labute approximate surface area is 231 Å². The second-order valence-electron chi connectivity index (χ2n) is 9.76. The van der Waals surface area contributed by atoms with Crippen molar-refractivity contribution in [2.75, 3.05) is 25.0 Å². The molecule has 2 aliphatic heterocycles. The smallest absolute Gasteiger partial charge is 0.412 e. The topological polar surface area (TPSA) is 70.7 Å². The van der Waals surface area contributed by atoms with Gasteiger partial charge in [-0.25, -0.2) is 9.18 Å². The highest BCUT2D eigenvalue weighted by Crippen LogP contribution is 2.44. The van der Waals surface area contributed by atoms with Crippen LogP contribution in [0.2, 0.25) is 10.0 Å². The molecule has 1 saturated heterocycles. The summed E-state index contributed by atoms with van der Waals surface area (Å²) in [5, 5.41) is 6.56. The van der Waals surface area contributed by atoms with Gasteiger partial charge < -0.3 is 15.0 Å². The molecule has 2 aliphatic rings. The van der Waals surface area contributed by atoms with Crippen LogP contribution in [0, 0.1) is 5.82 Å². The van der Waals surface area contributed by atoms with Crippen LogP contribution in [0.1, 0.15) is 41.9 Å². The van der Waals surface area contributed by atoms with Crippen molar-refractivity contribution < 1.29 is 18.7 Å². The van der Waals surface area contributed by atoms with Crippen LogP contribution in [-0.4, -0.2) is 36.5 Å². The number of fused-ring (bicyclic) bond motifs is 2. The van der Waals surface area contributed by atoms with Gasteiger partial charge >= 0.3 is 6.09 Å². The number of benzene rings is 3. The lowest BCUT2D eigenvalue weighted by Crippen LogP contribution is -2.48. The number of amides is 2. The lowest BCUT2D eigenvalue weighted by atomic mass is 9.82. The van der Waals surface area contributed by atoms with Crippen LogP contribution in [0.3, 0.4) is 0 Å². The SMILES string of the molecule is O=C1Nc2ccc(F)cc2C2(CCN(CC[C@H](C(=O)NCc3ccccc3)c3ccc(Cl)c(Cl)c3)CC2)O1. The molecule has 0 unspecified atom stereocenters. The number of nitrogens with one attached hydrogen (secondary N) is 2. The molecule has 0 radical (unpaired) electrons. The standard InChI is InChI=1S/C29H28Cl2FN3O3/c30-24-8-6-20(16-25(24)31)22(27(36)33-18-19-4-2-1-3-5-19)10-13-35-14-11-29(12-15-35)23-17-21(32)7-9-26(23)34-28(37)38-29/h1-9,16-17,22H,10-15,18H2,(H,33,36)(H,34,37)/t22-/m0/s1. The molecule has 2 N–H and O–H groups in total. The summed E-state index contributed by atoms with van der Waals surface area (Å²) in [6, 6.07) is 19.4. The number of anilines is 1. The molecule has 0 bridgehead atoms. The Morgan fingerprint density at radius 1 is 1.05 bits per heavy atom.